The summed E-state index contributed by atoms with van der Waals surface area (Å²) in [4.78, 5) is 30.4. The molecule has 5 rings (SSSR count). The number of piperazine rings is 1. The molecule has 3 heterocycles. The Morgan fingerprint density at radius 1 is 1.07 bits per heavy atom. The zero-order valence-corrected chi connectivity index (χ0v) is 24.3. The number of halogens is 3. The summed E-state index contributed by atoms with van der Waals surface area (Å²) in [5.74, 6) is -1.77. The molecular formula is C28H30F3N5O6S. The van der Waals surface area contributed by atoms with Gasteiger partial charge in [0, 0.05) is 61.1 Å². The highest BCUT2D eigenvalue weighted by molar-refractivity contribution is 7.15. The average molecular weight is 622 g/mol. The zero-order chi connectivity index (χ0) is 31.1. The Hall–Kier alpha value is -4.34. The maximum Gasteiger partial charge on any atom is 0.490 e. The zero-order valence-electron chi connectivity index (χ0n) is 23.5. The molecule has 2 aromatic carbocycles. The molecule has 1 amide bonds. The minimum Gasteiger partial charge on any atom is -0.493 e. The lowest BCUT2D eigenvalue weighted by Gasteiger charge is -2.26. The third-order valence-electron chi connectivity index (χ3n) is 6.50. The lowest BCUT2D eigenvalue weighted by atomic mass is 10.1. The van der Waals surface area contributed by atoms with Crippen LogP contribution in [0.1, 0.15) is 16.1 Å². The molecule has 0 spiro atoms. The summed E-state index contributed by atoms with van der Waals surface area (Å²) in [5, 5.41) is 15.7. The van der Waals surface area contributed by atoms with Crippen LogP contribution in [-0.4, -0.2) is 85.0 Å². The number of carboxylic acid groups (broad SMARTS) is 1. The van der Waals surface area contributed by atoms with Gasteiger partial charge in [-0.2, -0.15) is 13.2 Å². The number of nitrogens with zero attached hydrogens (tertiary/aromatic N) is 3. The van der Waals surface area contributed by atoms with E-state index >= 15 is 0 Å². The van der Waals surface area contributed by atoms with Crippen molar-refractivity contribution in [1.29, 1.82) is 0 Å². The number of thiazole rings is 1. The van der Waals surface area contributed by atoms with Crippen LogP contribution in [0.15, 0.2) is 48.0 Å². The van der Waals surface area contributed by atoms with E-state index in [-0.39, 0.29) is 5.91 Å². The first-order valence-electron chi connectivity index (χ1n) is 12.9. The molecule has 0 radical (unpaired) electrons. The van der Waals surface area contributed by atoms with Crippen molar-refractivity contribution in [2.24, 2.45) is 0 Å². The van der Waals surface area contributed by atoms with E-state index in [0.717, 1.165) is 48.9 Å². The van der Waals surface area contributed by atoms with Crippen molar-refractivity contribution in [3.8, 4) is 28.5 Å². The van der Waals surface area contributed by atoms with Gasteiger partial charge in [0.1, 0.15) is 0 Å². The Bertz CT molecular complexity index is 1560. The van der Waals surface area contributed by atoms with E-state index in [1.165, 1.54) is 27.0 Å². The number of methoxy groups -OCH3 is 3. The normalized spacial score (nSPS) is 13.6. The van der Waals surface area contributed by atoms with Gasteiger partial charge in [0.05, 0.1) is 32.7 Å². The third-order valence-corrected chi connectivity index (χ3v) is 7.39. The Morgan fingerprint density at radius 3 is 2.28 bits per heavy atom. The molecule has 1 saturated heterocycles. The van der Waals surface area contributed by atoms with Gasteiger partial charge < -0.3 is 30.0 Å². The first kappa shape index (κ1) is 31.6. The van der Waals surface area contributed by atoms with Gasteiger partial charge >= 0.3 is 12.1 Å². The van der Waals surface area contributed by atoms with Crippen LogP contribution < -0.4 is 24.8 Å². The fourth-order valence-electron chi connectivity index (χ4n) is 4.39. The second kappa shape index (κ2) is 13.8. The number of aliphatic carboxylic acids is 1. The average Bonchev–Trinajstić information content (AvgIpc) is 3.58. The summed E-state index contributed by atoms with van der Waals surface area (Å²) in [7, 11) is 4.57. The molecule has 11 nitrogen and oxygen atoms in total. The van der Waals surface area contributed by atoms with Crippen LogP contribution in [0.2, 0.25) is 0 Å². The number of carboxylic acids is 1. The van der Waals surface area contributed by atoms with Gasteiger partial charge in [-0.25, -0.2) is 9.78 Å². The molecule has 1 fully saturated rings. The summed E-state index contributed by atoms with van der Waals surface area (Å²) < 4.78 is 50.1. The number of carbonyl (C=O) groups is 2. The molecule has 0 bridgehead atoms. The highest BCUT2D eigenvalue weighted by Gasteiger charge is 2.38. The quantitative estimate of drug-likeness (QED) is 0.263. The molecule has 1 aliphatic heterocycles. The van der Waals surface area contributed by atoms with Crippen LogP contribution in [0, 0.1) is 0 Å². The van der Waals surface area contributed by atoms with Gasteiger partial charge in [-0.05, 0) is 18.2 Å². The maximum atomic E-state index is 13.2. The standard InChI is InChI=1S/C26H29N5O4S.C2HF3O2/c1-33-22-12-17(13-23(34-2)24(22)35-3)25(32)28-20-7-5-4-6-19(20)21-15-31-18(16-36-26(31)29-21)14-30-10-8-27-9-11-30;3-2(4,5)1(6)7/h4-7,12-13,15-16,27H,8-11,14H2,1-3H3,(H,28,32);(H,6,7). The molecule has 0 aliphatic carbocycles. The fraction of sp³-hybridized carbons (Fsp3) is 0.321. The van der Waals surface area contributed by atoms with Gasteiger partial charge in [-0.3, -0.25) is 14.1 Å². The highest BCUT2D eigenvalue weighted by Crippen LogP contribution is 2.38. The topological polar surface area (TPSA) is 127 Å². The molecule has 230 valence electrons. The Morgan fingerprint density at radius 2 is 1.70 bits per heavy atom. The molecule has 15 heteroatoms. The van der Waals surface area contributed by atoms with Crippen molar-refractivity contribution in [2.45, 2.75) is 12.7 Å². The van der Waals surface area contributed by atoms with Crippen LogP contribution in [-0.2, 0) is 11.3 Å². The summed E-state index contributed by atoms with van der Waals surface area (Å²) in [6.07, 6.45) is -3.03. The van der Waals surface area contributed by atoms with Crippen molar-refractivity contribution < 1.29 is 42.1 Å². The summed E-state index contributed by atoms with van der Waals surface area (Å²) in [6, 6.07) is 10.9. The lowest BCUT2D eigenvalue weighted by Crippen LogP contribution is -2.43. The molecule has 43 heavy (non-hydrogen) atoms. The van der Waals surface area contributed by atoms with Crippen molar-refractivity contribution in [2.75, 3.05) is 52.8 Å². The number of alkyl halides is 3. The number of amides is 1. The van der Waals surface area contributed by atoms with Crippen LogP contribution in [0.4, 0.5) is 18.9 Å². The van der Waals surface area contributed by atoms with Crippen molar-refractivity contribution >= 4 is 33.9 Å². The van der Waals surface area contributed by atoms with E-state index in [0.29, 0.717) is 28.5 Å². The van der Waals surface area contributed by atoms with Gasteiger partial charge in [0.2, 0.25) is 5.75 Å². The number of nitrogens with one attached hydrogen (secondary N) is 2. The van der Waals surface area contributed by atoms with Gasteiger partial charge in [0.15, 0.2) is 16.5 Å². The van der Waals surface area contributed by atoms with Crippen LogP contribution in [0.5, 0.6) is 17.2 Å². The number of imidazole rings is 1. The monoisotopic (exact) mass is 621 g/mol. The number of fused-ring (bicyclic) bond motifs is 1. The van der Waals surface area contributed by atoms with Crippen LogP contribution in [0.3, 0.4) is 0 Å². The van der Waals surface area contributed by atoms with E-state index < -0.39 is 12.1 Å². The number of para-hydroxylation sites is 1. The SMILES string of the molecule is COc1cc(C(=O)Nc2ccccc2-c2cn3c(CN4CCNCC4)csc3n2)cc(OC)c1OC.O=C(O)C(F)(F)F. The van der Waals surface area contributed by atoms with E-state index in [4.69, 9.17) is 29.1 Å². The second-order valence-electron chi connectivity index (χ2n) is 9.25. The number of anilines is 1. The van der Waals surface area contributed by atoms with E-state index in [2.05, 4.69) is 25.3 Å². The van der Waals surface area contributed by atoms with Crippen molar-refractivity contribution in [3.05, 3.63) is 59.2 Å². The summed E-state index contributed by atoms with van der Waals surface area (Å²) in [6.45, 7) is 4.99. The van der Waals surface area contributed by atoms with Crippen LogP contribution >= 0.6 is 11.3 Å². The first-order valence-corrected chi connectivity index (χ1v) is 13.8. The van der Waals surface area contributed by atoms with Crippen molar-refractivity contribution in [3.63, 3.8) is 0 Å². The largest absolute Gasteiger partial charge is 0.493 e. The van der Waals surface area contributed by atoms with E-state index in [1.807, 2.05) is 30.5 Å². The lowest BCUT2D eigenvalue weighted by molar-refractivity contribution is -0.192. The van der Waals surface area contributed by atoms with E-state index in [1.54, 1.807) is 23.5 Å². The van der Waals surface area contributed by atoms with Gasteiger partial charge in [0.25, 0.3) is 5.91 Å². The minimum absolute atomic E-state index is 0.290. The number of hydrogen-bond donors (Lipinski definition) is 3. The molecule has 2 aromatic heterocycles. The van der Waals surface area contributed by atoms with E-state index in [9.17, 15) is 18.0 Å². The predicted octanol–water partition coefficient (Wildman–Crippen LogP) is 4.38. The van der Waals surface area contributed by atoms with Crippen molar-refractivity contribution in [1.82, 2.24) is 19.6 Å². The Kier molecular flexibility index (Phi) is 10.1. The first-order chi connectivity index (χ1) is 20.5. The molecule has 0 atom stereocenters. The number of ether oxygens (including phenoxy) is 3. The molecule has 3 N–H and O–H groups in total. The predicted molar refractivity (Wildman–Crippen MR) is 154 cm³/mol. The van der Waals surface area contributed by atoms with Gasteiger partial charge in [-0.1, -0.05) is 18.2 Å². The molecule has 0 unspecified atom stereocenters. The number of carbonyl (C=O) groups excluding carboxylic acids is 1. The summed E-state index contributed by atoms with van der Waals surface area (Å²) >= 11 is 1.63. The van der Waals surface area contributed by atoms with Crippen LogP contribution in [0.25, 0.3) is 16.2 Å². The smallest absolute Gasteiger partial charge is 0.490 e. The number of benzene rings is 2. The molecule has 0 saturated carbocycles. The molecule has 4 aromatic rings. The minimum atomic E-state index is -5.08. The Labute approximate surface area is 248 Å². The highest BCUT2D eigenvalue weighted by atomic mass is 32.1. The second-order valence-corrected chi connectivity index (χ2v) is 10.1. The number of hydrogen-bond acceptors (Lipinski definition) is 9. The molecule has 1 aliphatic rings. The summed E-state index contributed by atoms with van der Waals surface area (Å²) in [5.41, 5.74) is 3.94. The Balaban J connectivity index is 0.000000541. The molecular weight excluding hydrogens is 591 g/mol. The maximum absolute atomic E-state index is 13.2. The number of aromatic nitrogens is 2. The third kappa shape index (κ3) is 7.55. The number of rotatable bonds is 8. The van der Waals surface area contributed by atoms with Gasteiger partial charge in [-0.15, -0.1) is 11.3 Å². The fourth-order valence-corrected chi connectivity index (χ4v) is 5.26.